The van der Waals surface area contributed by atoms with Crippen molar-refractivity contribution in [2.24, 2.45) is 0 Å². The predicted molar refractivity (Wildman–Crippen MR) is 128 cm³/mol. The fourth-order valence-electron chi connectivity index (χ4n) is 4.03. The predicted octanol–water partition coefficient (Wildman–Crippen LogP) is 3.06. The maximum atomic E-state index is 12.1. The summed E-state index contributed by atoms with van der Waals surface area (Å²) < 4.78 is 35.2. The van der Waals surface area contributed by atoms with Crippen LogP contribution < -0.4 is 9.47 Å². The minimum absolute atomic E-state index is 0.0129. The van der Waals surface area contributed by atoms with E-state index in [0.29, 0.717) is 35.9 Å². The Kier molecular flexibility index (Phi) is 8.51. The van der Waals surface area contributed by atoms with Gasteiger partial charge in [0.1, 0.15) is 19.0 Å². The normalized spacial score (nSPS) is 18.4. The van der Waals surface area contributed by atoms with Gasteiger partial charge in [0, 0.05) is 24.7 Å². The molecule has 2 aromatic carbocycles. The van der Waals surface area contributed by atoms with Gasteiger partial charge in [0.05, 0.1) is 18.6 Å². The van der Waals surface area contributed by atoms with Gasteiger partial charge in [-0.15, -0.1) is 0 Å². The molecule has 0 spiro atoms. The number of benzene rings is 2. The second-order valence-corrected chi connectivity index (χ2v) is 11.1. The largest absolute Gasteiger partial charge is 0.493 e. The number of aldehydes is 1. The van der Waals surface area contributed by atoms with E-state index in [-0.39, 0.29) is 30.7 Å². The molecule has 0 aromatic heterocycles. The summed E-state index contributed by atoms with van der Waals surface area (Å²) in [6, 6.07) is 13.0. The molecule has 0 aliphatic carbocycles. The van der Waals surface area contributed by atoms with Crippen LogP contribution in [0.3, 0.4) is 0 Å². The molecule has 1 aliphatic heterocycles. The average Bonchev–Trinajstić information content (AvgIpc) is 3.17. The summed E-state index contributed by atoms with van der Waals surface area (Å²) in [7, 11) is -1.57. The van der Waals surface area contributed by atoms with E-state index in [2.05, 4.69) is 38.1 Å². The van der Waals surface area contributed by atoms with E-state index in [1.54, 1.807) is 18.2 Å². The molecular formula is C25H33NO6S. The molecule has 1 N–H and O–H groups in total. The minimum atomic E-state index is -3.06. The van der Waals surface area contributed by atoms with Crippen LogP contribution in [0.2, 0.25) is 0 Å². The molecule has 0 bridgehead atoms. The summed E-state index contributed by atoms with van der Waals surface area (Å²) in [6.45, 7) is 5.12. The number of hydrogen-bond donors (Lipinski definition) is 1. The van der Waals surface area contributed by atoms with Crippen LogP contribution >= 0.6 is 0 Å². The van der Waals surface area contributed by atoms with E-state index in [9.17, 15) is 18.3 Å². The maximum absolute atomic E-state index is 12.1. The Morgan fingerprint density at radius 1 is 1.15 bits per heavy atom. The van der Waals surface area contributed by atoms with Crippen LogP contribution in [0.4, 0.5) is 0 Å². The summed E-state index contributed by atoms with van der Waals surface area (Å²) in [5.41, 5.74) is 2.79. The first-order valence-electron chi connectivity index (χ1n) is 11.2. The third-order valence-electron chi connectivity index (χ3n) is 5.96. The van der Waals surface area contributed by atoms with Crippen LogP contribution in [-0.2, 0) is 16.4 Å². The van der Waals surface area contributed by atoms with Crippen LogP contribution in [0, 0.1) is 0 Å². The number of carbonyl (C=O) groups is 1. The molecule has 1 saturated heterocycles. The maximum Gasteiger partial charge on any atom is 0.161 e. The van der Waals surface area contributed by atoms with Crippen LogP contribution in [0.5, 0.6) is 11.5 Å². The van der Waals surface area contributed by atoms with Crippen molar-refractivity contribution in [2.75, 3.05) is 31.8 Å². The second-order valence-electron chi connectivity index (χ2n) is 8.88. The highest BCUT2D eigenvalue weighted by Crippen LogP contribution is 2.28. The van der Waals surface area contributed by atoms with Gasteiger partial charge in [0.15, 0.2) is 21.3 Å². The number of hydrogen-bond acceptors (Lipinski definition) is 7. The van der Waals surface area contributed by atoms with Crippen LogP contribution in [0.15, 0.2) is 42.5 Å². The summed E-state index contributed by atoms with van der Waals surface area (Å²) >= 11 is 0. The first-order chi connectivity index (χ1) is 15.7. The quantitative estimate of drug-likeness (QED) is 0.499. The molecule has 0 amide bonds. The molecule has 8 heteroatoms. The van der Waals surface area contributed by atoms with Gasteiger partial charge in [-0.05, 0) is 41.7 Å². The Morgan fingerprint density at radius 3 is 2.45 bits per heavy atom. The van der Waals surface area contributed by atoms with Crippen molar-refractivity contribution in [3.8, 4) is 11.5 Å². The van der Waals surface area contributed by atoms with Gasteiger partial charge in [-0.2, -0.15) is 0 Å². The molecule has 33 heavy (non-hydrogen) atoms. The zero-order chi connectivity index (χ0) is 24.0. The van der Waals surface area contributed by atoms with Crippen LogP contribution in [-0.4, -0.2) is 68.6 Å². The number of ether oxygens (including phenoxy) is 2. The van der Waals surface area contributed by atoms with Gasteiger partial charge in [0.25, 0.3) is 0 Å². The zero-order valence-corrected chi connectivity index (χ0v) is 20.3. The number of aliphatic hydroxyl groups excluding tert-OH is 1. The topological polar surface area (TPSA) is 93.1 Å². The summed E-state index contributed by atoms with van der Waals surface area (Å²) in [5, 5.41) is 10.7. The molecule has 3 rings (SSSR count). The van der Waals surface area contributed by atoms with Crippen LogP contribution in [0.1, 0.15) is 47.7 Å². The second kappa shape index (κ2) is 11.1. The number of rotatable bonds is 11. The van der Waals surface area contributed by atoms with Crippen LogP contribution in [0.25, 0.3) is 0 Å². The third-order valence-corrected chi connectivity index (χ3v) is 7.71. The van der Waals surface area contributed by atoms with Crippen molar-refractivity contribution in [1.29, 1.82) is 0 Å². The number of sulfone groups is 1. The Balaban J connectivity index is 1.68. The lowest BCUT2D eigenvalue weighted by Gasteiger charge is -2.30. The molecule has 1 heterocycles. The number of carbonyl (C=O) groups excluding carboxylic acids is 1. The lowest BCUT2D eigenvalue weighted by molar-refractivity contribution is 0.0517. The number of methoxy groups -OCH3 is 1. The molecule has 2 aromatic rings. The highest BCUT2D eigenvalue weighted by atomic mass is 32.2. The molecule has 7 nitrogen and oxygen atoms in total. The summed E-state index contributed by atoms with van der Waals surface area (Å²) in [4.78, 5) is 13.0. The summed E-state index contributed by atoms with van der Waals surface area (Å²) in [6.07, 6.45) is 0.447. The van der Waals surface area contributed by atoms with E-state index >= 15 is 0 Å². The van der Waals surface area contributed by atoms with Crippen molar-refractivity contribution in [3.05, 3.63) is 59.2 Å². The van der Waals surface area contributed by atoms with Gasteiger partial charge < -0.3 is 14.6 Å². The van der Waals surface area contributed by atoms with E-state index < -0.39 is 15.9 Å². The molecule has 1 fully saturated rings. The van der Waals surface area contributed by atoms with Gasteiger partial charge >= 0.3 is 0 Å². The van der Waals surface area contributed by atoms with Crippen molar-refractivity contribution in [3.63, 3.8) is 0 Å². The van der Waals surface area contributed by atoms with E-state index in [0.717, 1.165) is 11.8 Å². The number of nitrogens with zero attached hydrogens (tertiary/aromatic N) is 1. The standard InChI is InChI=1S/C25H33NO6S/c1-18(2)21-7-4-19(5-8-21)13-26(22-10-11-33(29,30)17-22)14-23(28)16-32-24-9-6-20(15-27)12-25(24)31-3/h4-9,12,15,18,22-23,28H,10-11,13-14,16-17H2,1-3H3. The van der Waals surface area contributed by atoms with Crippen molar-refractivity contribution < 1.29 is 27.8 Å². The first-order valence-corrected chi connectivity index (χ1v) is 13.0. The highest BCUT2D eigenvalue weighted by Gasteiger charge is 2.33. The number of aliphatic hydroxyl groups is 1. The monoisotopic (exact) mass is 475 g/mol. The molecule has 2 atom stereocenters. The fraction of sp³-hybridized carbons (Fsp3) is 0.480. The highest BCUT2D eigenvalue weighted by molar-refractivity contribution is 7.91. The van der Waals surface area contributed by atoms with Gasteiger partial charge in [-0.1, -0.05) is 38.1 Å². The SMILES string of the molecule is COc1cc(C=O)ccc1OCC(O)CN(Cc1ccc(C(C)C)cc1)C1CCS(=O)(=O)C1. The Labute approximate surface area is 196 Å². The van der Waals surface area contributed by atoms with Crippen molar-refractivity contribution >= 4 is 16.1 Å². The minimum Gasteiger partial charge on any atom is -0.493 e. The molecule has 1 aliphatic rings. The molecule has 180 valence electrons. The lowest BCUT2D eigenvalue weighted by Crippen LogP contribution is -2.42. The smallest absolute Gasteiger partial charge is 0.161 e. The summed E-state index contributed by atoms with van der Waals surface area (Å²) in [5.74, 6) is 1.56. The Morgan fingerprint density at radius 2 is 1.88 bits per heavy atom. The fourth-order valence-corrected chi connectivity index (χ4v) is 5.80. The Hall–Kier alpha value is -2.42. The first kappa shape index (κ1) is 25.2. The van der Waals surface area contributed by atoms with E-state index in [1.165, 1.54) is 12.7 Å². The van der Waals surface area contributed by atoms with E-state index in [1.807, 2.05) is 4.90 Å². The Bertz CT molecular complexity index is 1040. The zero-order valence-electron chi connectivity index (χ0n) is 19.4. The van der Waals surface area contributed by atoms with Gasteiger partial charge in [-0.25, -0.2) is 8.42 Å². The van der Waals surface area contributed by atoms with Crippen molar-refractivity contribution in [2.45, 2.75) is 44.9 Å². The average molecular weight is 476 g/mol. The third kappa shape index (κ3) is 7.03. The van der Waals surface area contributed by atoms with E-state index in [4.69, 9.17) is 9.47 Å². The molecule has 0 radical (unpaired) electrons. The molecule has 0 saturated carbocycles. The molecule has 2 unspecified atom stereocenters. The van der Waals surface area contributed by atoms with Crippen molar-refractivity contribution in [1.82, 2.24) is 4.90 Å². The van der Waals surface area contributed by atoms with Gasteiger partial charge in [0.2, 0.25) is 0 Å². The van der Waals surface area contributed by atoms with Gasteiger partial charge in [-0.3, -0.25) is 9.69 Å². The molecular weight excluding hydrogens is 442 g/mol. The lowest BCUT2D eigenvalue weighted by atomic mass is 10.0.